The zero-order chi connectivity index (χ0) is 7.61. The maximum absolute atomic E-state index is 8.96. The highest BCUT2D eigenvalue weighted by atomic mass is 16.3. The van der Waals surface area contributed by atoms with E-state index in [0.717, 1.165) is 6.42 Å². The van der Waals surface area contributed by atoms with Crippen LogP contribution in [-0.4, -0.2) is 11.7 Å². The van der Waals surface area contributed by atoms with Crippen LogP contribution >= 0.6 is 0 Å². The van der Waals surface area contributed by atoms with Crippen LogP contribution in [0.3, 0.4) is 0 Å². The first-order valence-electron chi connectivity index (χ1n) is 3.63. The third-order valence-electron chi connectivity index (χ3n) is 2.00. The summed E-state index contributed by atoms with van der Waals surface area (Å²) < 4.78 is 0. The predicted molar refractivity (Wildman–Crippen MR) is 42.7 cm³/mol. The lowest BCUT2D eigenvalue weighted by atomic mass is 9.83. The molecule has 0 aliphatic heterocycles. The molecule has 0 amide bonds. The Hall–Kier alpha value is -0.560. The zero-order valence-electron chi connectivity index (χ0n) is 6.59. The highest BCUT2D eigenvalue weighted by molar-refractivity contribution is 5.24. The van der Waals surface area contributed by atoms with Crippen molar-refractivity contribution in [2.75, 3.05) is 6.61 Å². The molecule has 0 aromatic carbocycles. The van der Waals surface area contributed by atoms with E-state index < -0.39 is 0 Å². The van der Waals surface area contributed by atoms with Gasteiger partial charge in [0, 0.05) is 5.41 Å². The number of allylic oxidation sites excluding steroid dienone is 3. The Morgan fingerprint density at radius 2 is 2.40 bits per heavy atom. The molecule has 0 saturated carbocycles. The van der Waals surface area contributed by atoms with E-state index in [0.29, 0.717) is 0 Å². The van der Waals surface area contributed by atoms with Gasteiger partial charge in [-0.25, -0.2) is 0 Å². The van der Waals surface area contributed by atoms with Crippen molar-refractivity contribution in [3.63, 3.8) is 0 Å². The van der Waals surface area contributed by atoms with E-state index in [2.05, 4.69) is 32.1 Å². The van der Waals surface area contributed by atoms with Crippen molar-refractivity contribution in [2.45, 2.75) is 20.3 Å². The standard InChI is InChI=1S/C9H14O/c1-8-3-5-9(2,7-10)6-4-8/h3-5,10H,6-7H2,1-2H3/t9-/m1/s1. The Bertz CT molecular complexity index is 179. The predicted octanol–water partition coefficient (Wildman–Crippen LogP) is 1.89. The van der Waals surface area contributed by atoms with Crippen molar-refractivity contribution in [1.82, 2.24) is 0 Å². The normalized spacial score (nSPS) is 32.1. The summed E-state index contributed by atoms with van der Waals surface area (Å²) in [4.78, 5) is 0. The van der Waals surface area contributed by atoms with Gasteiger partial charge in [0.25, 0.3) is 0 Å². The molecule has 0 fully saturated rings. The molecule has 1 aliphatic carbocycles. The minimum Gasteiger partial charge on any atom is -0.395 e. The summed E-state index contributed by atoms with van der Waals surface area (Å²) in [6.45, 7) is 4.38. The van der Waals surface area contributed by atoms with Gasteiger partial charge in [-0.3, -0.25) is 0 Å². The number of rotatable bonds is 1. The molecular weight excluding hydrogens is 124 g/mol. The van der Waals surface area contributed by atoms with Crippen LogP contribution in [0.4, 0.5) is 0 Å². The van der Waals surface area contributed by atoms with E-state index in [1.807, 2.05) is 0 Å². The molecule has 1 rings (SSSR count). The van der Waals surface area contributed by atoms with Crippen LogP contribution in [0.15, 0.2) is 23.8 Å². The van der Waals surface area contributed by atoms with Crippen molar-refractivity contribution in [2.24, 2.45) is 5.41 Å². The monoisotopic (exact) mass is 138 g/mol. The highest BCUT2D eigenvalue weighted by Crippen LogP contribution is 2.27. The second-order valence-corrected chi connectivity index (χ2v) is 3.30. The van der Waals surface area contributed by atoms with Crippen LogP contribution < -0.4 is 0 Å². The van der Waals surface area contributed by atoms with Gasteiger partial charge in [0.05, 0.1) is 6.61 Å². The van der Waals surface area contributed by atoms with Gasteiger partial charge in [0.15, 0.2) is 0 Å². The van der Waals surface area contributed by atoms with Crippen molar-refractivity contribution in [3.8, 4) is 0 Å². The van der Waals surface area contributed by atoms with Crippen LogP contribution in [-0.2, 0) is 0 Å². The Morgan fingerprint density at radius 1 is 1.70 bits per heavy atom. The summed E-state index contributed by atoms with van der Waals surface area (Å²) in [7, 11) is 0. The third-order valence-corrected chi connectivity index (χ3v) is 2.00. The fourth-order valence-corrected chi connectivity index (χ4v) is 0.980. The number of hydrogen-bond acceptors (Lipinski definition) is 1. The number of aliphatic hydroxyl groups excluding tert-OH is 1. The first-order valence-corrected chi connectivity index (χ1v) is 3.63. The van der Waals surface area contributed by atoms with Gasteiger partial charge < -0.3 is 5.11 Å². The summed E-state index contributed by atoms with van der Waals surface area (Å²) in [6, 6.07) is 0. The molecule has 0 heterocycles. The van der Waals surface area contributed by atoms with Crippen LogP contribution in [0, 0.1) is 5.41 Å². The summed E-state index contributed by atoms with van der Waals surface area (Å²) in [5.41, 5.74) is 1.30. The molecule has 0 saturated heterocycles. The molecule has 0 aromatic heterocycles. The molecule has 0 spiro atoms. The zero-order valence-corrected chi connectivity index (χ0v) is 6.59. The Morgan fingerprint density at radius 3 is 2.80 bits per heavy atom. The summed E-state index contributed by atoms with van der Waals surface area (Å²) in [5.74, 6) is 0. The third kappa shape index (κ3) is 1.48. The van der Waals surface area contributed by atoms with E-state index in [1.54, 1.807) is 0 Å². The Labute approximate surface area is 62.1 Å². The van der Waals surface area contributed by atoms with Gasteiger partial charge in [-0.15, -0.1) is 0 Å². The minimum absolute atomic E-state index is 0.000486. The van der Waals surface area contributed by atoms with E-state index in [1.165, 1.54) is 5.57 Å². The second kappa shape index (κ2) is 2.59. The molecule has 0 radical (unpaired) electrons. The quantitative estimate of drug-likeness (QED) is 0.586. The molecule has 1 atom stereocenters. The SMILES string of the molecule is CC1=CC[C@](C)(CO)C=C1. The molecule has 0 unspecified atom stereocenters. The lowest BCUT2D eigenvalue weighted by molar-refractivity contribution is 0.185. The van der Waals surface area contributed by atoms with Gasteiger partial charge >= 0.3 is 0 Å². The van der Waals surface area contributed by atoms with Gasteiger partial charge in [-0.2, -0.15) is 0 Å². The minimum atomic E-state index is -0.000486. The first kappa shape index (κ1) is 7.55. The van der Waals surface area contributed by atoms with Gasteiger partial charge in [0.2, 0.25) is 0 Å². The van der Waals surface area contributed by atoms with Crippen LogP contribution in [0.5, 0.6) is 0 Å². The summed E-state index contributed by atoms with van der Waals surface area (Å²) in [5, 5.41) is 8.96. The summed E-state index contributed by atoms with van der Waals surface area (Å²) >= 11 is 0. The molecular formula is C9H14O. The fourth-order valence-electron chi connectivity index (χ4n) is 0.980. The van der Waals surface area contributed by atoms with Crippen molar-refractivity contribution in [3.05, 3.63) is 23.8 Å². The van der Waals surface area contributed by atoms with E-state index in [9.17, 15) is 0 Å². The van der Waals surface area contributed by atoms with Crippen molar-refractivity contribution >= 4 is 0 Å². The molecule has 0 aromatic rings. The Kier molecular flexibility index (Phi) is 1.95. The summed E-state index contributed by atoms with van der Waals surface area (Å²) in [6.07, 6.45) is 7.28. The van der Waals surface area contributed by atoms with Gasteiger partial charge in [-0.05, 0) is 13.3 Å². The maximum Gasteiger partial charge on any atom is 0.0522 e. The molecule has 56 valence electrons. The molecule has 10 heavy (non-hydrogen) atoms. The van der Waals surface area contributed by atoms with Crippen molar-refractivity contribution in [1.29, 1.82) is 0 Å². The smallest absolute Gasteiger partial charge is 0.0522 e. The lowest BCUT2D eigenvalue weighted by Gasteiger charge is -2.24. The largest absolute Gasteiger partial charge is 0.395 e. The van der Waals surface area contributed by atoms with E-state index >= 15 is 0 Å². The maximum atomic E-state index is 8.96. The highest BCUT2D eigenvalue weighted by Gasteiger charge is 2.19. The lowest BCUT2D eigenvalue weighted by Crippen LogP contribution is -2.19. The van der Waals surface area contributed by atoms with Crippen LogP contribution in [0.1, 0.15) is 20.3 Å². The second-order valence-electron chi connectivity index (χ2n) is 3.30. The molecule has 1 heteroatoms. The van der Waals surface area contributed by atoms with Crippen LogP contribution in [0.25, 0.3) is 0 Å². The average molecular weight is 138 g/mol. The fraction of sp³-hybridized carbons (Fsp3) is 0.556. The topological polar surface area (TPSA) is 20.2 Å². The molecule has 1 nitrogen and oxygen atoms in total. The van der Waals surface area contributed by atoms with Gasteiger partial charge in [0.1, 0.15) is 0 Å². The average Bonchev–Trinajstić information content (AvgIpc) is 1.96. The van der Waals surface area contributed by atoms with Crippen LogP contribution in [0.2, 0.25) is 0 Å². The molecule has 1 aliphatic rings. The van der Waals surface area contributed by atoms with Crippen molar-refractivity contribution < 1.29 is 5.11 Å². The molecule has 0 bridgehead atoms. The first-order chi connectivity index (χ1) is 4.66. The van der Waals surface area contributed by atoms with Gasteiger partial charge in [-0.1, -0.05) is 30.7 Å². The van der Waals surface area contributed by atoms with E-state index in [-0.39, 0.29) is 12.0 Å². The number of hydrogen-bond donors (Lipinski definition) is 1. The number of aliphatic hydroxyl groups is 1. The molecule has 1 N–H and O–H groups in total. The van der Waals surface area contributed by atoms with E-state index in [4.69, 9.17) is 5.11 Å². The Balaban J connectivity index is 2.67.